The lowest BCUT2D eigenvalue weighted by Gasteiger charge is -2.31. The van der Waals surface area contributed by atoms with Gasteiger partial charge in [-0.15, -0.1) is 0 Å². The van der Waals surface area contributed by atoms with E-state index in [1.807, 2.05) is 35.2 Å². The molecule has 1 amide bonds. The first-order valence-corrected chi connectivity index (χ1v) is 7.90. The minimum absolute atomic E-state index is 0.188. The van der Waals surface area contributed by atoms with E-state index >= 15 is 0 Å². The number of nitrogens with zero attached hydrogens (tertiary/aromatic N) is 2. The van der Waals surface area contributed by atoms with Crippen LogP contribution in [0.25, 0.3) is 0 Å². The Morgan fingerprint density at radius 1 is 1.33 bits per heavy atom. The Morgan fingerprint density at radius 3 is 2.71 bits per heavy atom. The summed E-state index contributed by atoms with van der Waals surface area (Å²) in [7, 11) is 2.13. The molecule has 0 aromatic heterocycles. The molecule has 0 spiro atoms. The van der Waals surface area contributed by atoms with Crippen molar-refractivity contribution in [1.29, 1.82) is 0 Å². The Bertz CT molecular complexity index is 449. The van der Waals surface area contributed by atoms with Gasteiger partial charge in [0, 0.05) is 31.6 Å². The van der Waals surface area contributed by atoms with E-state index < -0.39 is 0 Å². The maximum absolute atomic E-state index is 12.6. The van der Waals surface area contributed by atoms with Crippen molar-refractivity contribution in [2.75, 3.05) is 26.7 Å². The molecule has 1 heterocycles. The number of carbonyl (C=O) groups is 1. The Kier molecular flexibility index (Phi) is 5.76. The highest BCUT2D eigenvalue weighted by atomic mass is 16.2. The molecule has 2 atom stereocenters. The van der Waals surface area contributed by atoms with Gasteiger partial charge in [-0.3, -0.25) is 4.79 Å². The maximum atomic E-state index is 12.6. The summed E-state index contributed by atoms with van der Waals surface area (Å²) in [4.78, 5) is 17.0. The third-order valence-corrected chi connectivity index (χ3v) is 4.32. The number of nitrogens with two attached hydrogens (primary N) is 1. The maximum Gasteiger partial charge on any atom is 0.224 e. The zero-order chi connectivity index (χ0) is 15.2. The Morgan fingerprint density at radius 2 is 2.05 bits per heavy atom. The van der Waals surface area contributed by atoms with E-state index in [1.165, 1.54) is 0 Å². The highest BCUT2D eigenvalue weighted by Gasteiger charge is 2.27. The number of amides is 1. The van der Waals surface area contributed by atoms with E-state index in [0.717, 1.165) is 38.0 Å². The average molecular weight is 289 g/mol. The van der Waals surface area contributed by atoms with Crippen LogP contribution in [-0.4, -0.2) is 48.4 Å². The molecule has 1 aliphatic rings. The second-order valence-electron chi connectivity index (χ2n) is 5.99. The molecule has 1 aromatic rings. The molecular weight excluding hydrogens is 262 g/mol. The first kappa shape index (κ1) is 16.0. The van der Waals surface area contributed by atoms with Crippen molar-refractivity contribution in [2.24, 2.45) is 5.73 Å². The van der Waals surface area contributed by atoms with Crippen LogP contribution in [0.2, 0.25) is 0 Å². The van der Waals surface area contributed by atoms with Crippen molar-refractivity contribution in [3.05, 3.63) is 35.9 Å². The second kappa shape index (κ2) is 7.57. The molecular formula is C17H27N3O. The summed E-state index contributed by atoms with van der Waals surface area (Å²) in [5.74, 6) is 0.188. The minimum atomic E-state index is -0.211. The molecule has 1 aromatic carbocycles. The van der Waals surface area contributed by atoms with Gasteiger partial charge in [-0.2, -0.15) is 0 Å². The second-order valence-corrected chi connectivity index (χ2v) is 5.99. The smallest absolute Gasteiger partial charge is 0.224 e. The highest BCUT2D eigenvalue weighted by Crippen LogP contribution is 2.18. The third kappa shape index (κ3) is 4.29. The topological polar surface area (TPSA) is 49.6 Å². The molecule has 4 nitrogen and oxygen atoms in total. The fraction of sp³-hybridized carbons (Fsp3) is 0.588. The summed E-state index contributed by atoms with van der Waals surface area (Å²) in [5.41, 5.74) is 7.23. The van der Waals surface area contributed by atoms with Gasteiger partial charge in [0.05, 0.1) is 0 Å². The van der Waals surface area contributed by atoms with Gasteiger partial charge in [0.15, 0.2) is 0 Å². The Labute approximate surface area is 127 Å². The van der Waals surface area contributed by atoms with Crippen LogP contribution in [-0.2, 0) is 4.79 Å². The van der Waals surface area contributed by atoms with E-state index in [0.29, 0.717) is 12.5 Å². The summed E-state index contributed by atoms with van der Waals surface area (Å²) >= 11 is 0. The Hall–Kier alpha value is -1.39. The van der Waals surface area contributed by atoms with Crippen LogP contribution in [0.5, 0.6) is 0 Å². The lowest BCUT2D eigenvalue weighted by molar-refractivity contribution is -0.133. The van der Waals surface area contributed by atoms with Crippen molar-refractivity contribution in [2.45, 2.75) is 38.3 Å². The highest BCUT2D eigenvalue weighted by molar-refractivity contribution is 5.77. The van der Waals surface area contributed by atoms with Gasteiger partial charge in [-0.25, -0.2) is 0 Å². The monoisotopic (exact) mass is 289 g/mol. The molecule has 0 aliphatic carbocycles. The summed E-state index contributed by atoms with van der Waals surface area (Å²) in [6.07, 6.45) is 2.43. The van der Waals surface area contributed by atoms with Crippen LogP contribution < -0.4 is 5.73 Å². The lowest BCUT2D eigenvalue weighted by atomic mass is 10.0. The van der Waals surface area contributed by atoms with Crippen molar-refractivity contribution in [3.63, 3.8) is 0 Å². The zero-order valence-corrected chi connectivity index (χ0v) is 13.2. The number of benzene rings is 1. The minimum Gasteiger partial charge on any atom is -0.338 e. The largest absolute Gasteiger partial charge is 0.338 e. The van der Waals surface area contributed by atoms with Crippen LogP contribution in [0.3, 0.4) is 0 Å². The Balaban J connectivity index is 2.01. The van der Waals surface area contributed by atoms with Gasteiger partial charge in [0.1, 0.15) is 0 Å². The van der Waals surface area contributed by atoms with E-state index in [1.54, 1.807) is 0 Å². The van der Waals surface area contributed by atoms with Gasteiger partial charge in [0.2, 0.25) is 5.91 Å². The van der Waals surface area contributed by atoms with Gasteiger partial charge in [0.25, 0.3) is 0 Å². The first-order valence-electron chi connectivity index (χ1n) is 7.90. The molecule has 2 unspecified atom stereocenters. The van der Waals surface area contributed by atoms with Gasteiger partial charge >= 0.3 is 0 Å². The summed E-state index contributed by atoms with van der Waals surface area (Å²) in [6, 6.07) is 9.99. The quantitative estimate of drug-likeness (QED) is 0.922. The molecule has 1 saturated heterocycles. The normalized spacial score (nSPS) is 21.9. The van der Waals surface area contributed by atoms with Crippen LogP contribution in [0.15, 0.2) is 30.3 Å². The van der Waals surface area contributed by atoms with E-state index in [2.05, 4.69) is 18.9 Å². The first-order chi connectivity index (χ1) is 10.1. The van der Waals surface area contributed by atoms with Gasteiger partial charge < -0.3 is 15.5 Å². The van der Waals surface area contributed by atoms with Crippen molar-refractivity contribution in [3.8, 4) is 0 Å². The molecule has 0 saturated carbocycles. The van der Waals surface area contributed by atoms with Crippen LogP contribution in [0.4, 0.5) is 0 Å². The predicted molar refractivity (Wildman–Crippen MR) is 85.9 cm³/mol. The molecule has 4 heteroatoms. The fourth-order valence-corrected chi connectivity index (χ4v) is 3.04. The molecule has 21 heavy (non-hydrogen) atoms. The summed E-state index contributed by atoms with van der Waals surface area (Å²) in [5, 5.41) is 0. The summed E-state index contributed by atoms with van der Waals surface area (Å²) in [6.45, 7) is 5.03. The molecule has 116 valence electrons. The SMILES string of the molecule is CCC1CN(C)CCCN1C(=O)CC(N)c1ccccc1. The predicted octanol–water partition coefficient (Wildman–Crippen LogP) is 2.02. The molecule has 0 radical (unpaired) electrons. The molecule has 0 bridgehead atoms. The number of hydrogen-bond acceptors (Lipinski definition) is 3. The van der Waals surface area contributed by atoms with Crippen molar-refractivity contribution < 1.29 is 4.79 Å². The van der Waals surface area contributed by atoms with Crippen LogP contribution >= 0.6 is 0 Å². The van der Waals surface area contributed by atoms with E-state index in [-0.39, 0.29) is 11.9 Å². The molecule has 1 aliphatic heterocycles. The van der Waals surface area contributed by atoms with Gasteiger partial charge in [-0.1, -0.05) is 37.3 Å². The summed E-state index contributed by atoms with van der Waals surface area (Å²) < 4.78 is 0. The van der Waals surface area contributed by atoms with E-state index in [4.69, 9.17) is 5.73 Å². The van der Waals surface area contributed by atoms with E-state index in [9.17, 15) is 4.79 Å². The molecule has 1 fully saturated rings. The molecule has 2 N–H and O–H groups in total. The average Bonchev–Trinajstić information content (AvgIpc) is 2.69. The number of hydrogen-bond donors (Lipinski definition) is 1. The number of rotatable bonds is 4. The fourth-order valence-electron chi connectivity index (χ4n) is 3.04. The molecule has 2 rings (SSSR count). The standard InChI is InChI=1S/C17H27N3O/c1-3-15-13-19(2)10-7-11-20(15)17(21)12-16(18)14-8-5-4-6-9-14/h4-6,8-9,15-16H,3,7,10-13,18H2,1-2H3. The number of likely N-dealkylation sites (N-methyl/N-ethyl adjacent to an activating group) is 1. The van der Waals surface area contributed by atoms with Crippen LogP contribution in [0.1, 0.15) is 37.8 Å². The van der Waals surface area contributed by atoms with Crippen molar-refractivity contribution >= 4 is 5.91 Å². The zero-order valence-electron chi connectivity index (χ0n) is 13.2. The van der Waals surface area contributed by atoms with Crippen molar-refractivity contribution in [1.82, 2.24) is 9.80 Å². The third-order valence-electron chi connectivity index (χ3n) is 4.32. The lowest BCUT2D eigenvalue weighted by Crippen LogP contribution is -2.44. The number of carbonyl (C=O) groups excluding carboxylic acids is 1. The van der Waals surface area contributed by atoms with Gasteiger partial charge in [-0.05, 0) is 32.0 Å². The van der Waals surface area contributed by atoms with Crippen LogP contribution in [0, 0.1) is 0 Å².